The predicted octanol–water partition coefficient (Wildman–Crippen LogP) is 5.28. The number of pyridine rings is 1. The minimum absolute atomic E-state index is 0.0348. The van der Waals surface area contributed by atoms with Gasteiger partial charge in [0.2, 0.25) is 5.88 Å². The van der Waals surface area contributed by atoms with E-state index in [4.69, 9.17) is 4.74 Å². The first-order valence-electron chi connectivity index (χ1n) is 11.4. The number of carbonyl (C=O) groups excluding carboxylic acids is 1. The molecule has 0 aliphatic carbocycles. The average molecular weight is 457 g/mol. The Morgan fingerprint density at radius 3 is 2.82 bits per heavy atom. The molecule has 6 nitrogen and oxygen atoms in total. The molecular formula is C27H25FN4O2. The fourth-order valence-electron chi connectivity index (χ4n) is 4.38. The maximum Gasteiger partial charge on any atom is 0.254 e. The number of nitrogens with zero attached hydrogens (tertiary/aromatic N) is 4. The second-order valence-corrected chi connectivity index (χ2v) is 8.44. The topological polar surface area (TPSA) is 60.2 Å². The van der Waals surface area contributed by atoms with E-state index in [-0.39, 0.29) is 17.6 Å². The number of halogens is 1. The molecule has 0 saturated carbocycles. The summed E-state index contributed by atoms with van der Waals surface area (Å²) in [7, 11) is 0. The van der Waals surface area contributed by atoms with Crippen molar-refractivity contribution in [3.8, 4) is 11.6 Å². The van der Waals surface area contributed by atoms with Crippen molar-refractivity contribution in [2.45, 2.75) is 25.3 Å². The lowest BCUT2D eigenvalue weighted by Crippen LogP contribution is -2.39. The number of rotatable bonds is 6. The van der Waals surface area contributed by atoms with Gasteiger partial charge in [-0.2, -0.15) is 0 Å². The Morgan fingerprint density at radius 1 is 1.09 bits per heavy atom. The lowest BCUT2D eigenvalue weighted by molar-refractivity contribution is 0.0704. The molecule has 1 fully saturated rings. The lowest BCUT2D eigenvalue weighted by Gasteiger charge is -2.33. The third kappa shape index (κ3) is 4.98. The van der Waals surface area contributed by atoms with E-state index in [1.807, 2.05) is 52.1 Å². The summed E-state index contributed by atoms with van der Waals surface area (Å²) in [6.07, 6.45) is 7.22. The molecular weight excluding hydrogens is 431 g/mol. The maximum atomic E-state index is 13.5. The number of carbonyl (C=O) groups is 1. The van der Waals surface area contributed by atoms with Crippen molar-refractivity contribution >= 4 is 5.91 Å². The first-order valence-corrected chi connectivity index (χ1v) is 11.4. The number of hydrogen-bond donors (Lipinski definition) is 0. The standard InChI is InChI=1S/C27H25FN4O2/c28-22-8-3-9-23(16-22)34-26-12-4-11-25(30-26)21-7-5-14-32(18-21)27(33)24-10-2-1-6-20(24)17-31-15-13-29-19-31/h1-4,6,8-13,15-16,19,21H,5,7,14,17-18H2/t21-/m0/s1. The summed E-state index contributed by atoms with van der Waals surface area (Å²) >= 11 is 0. The van der Waals surface area contributed by atoms with Gasteiger partial charge >= 0.3 is 0 Å². The highest BCUT2D eigenvalue weighted by atomic mass is 19.1. The molecule has 4 aromatic rings. The van der Waals surface area contributed by atoms with Crippen molar-refractivity contribution in [1.29, 1.82) is 0 Å². The SMILES string of the molecule is O=C(c1ccccc1Cn1ccnc1)N1CCC[C@H](c2cccc(Oc3cccc(F)c3)n2)C1. The van der Waals surface area contributed by atoms with Crippen molar-refractivity contribution in [3.05, 3.63) is 108 Å². The van der Waals surface area contributed by atoms with Gasteiger partial charge in [-0.3, -0.25) is 4.79 Å². The minimum atomic E-state index is -0.358. The lowest BCUT2D eigenvalue weighted by atomic mass is 9.93. The van der Waals surface area contributed by atoms with Crippen LogP contribution in [-0.4, -0.2) is 38.4 Å². The van der Waals surface area contributed by atoms with Crippen LogP contribution < -0.4 is 4.74 Å². The second kappa shape index (κ2) is 9.87. The zero-order valence-electron chi connectivity index (χ0n) is 18.7. The Balaban J connectivity index is 1.31. The molecule has 1 aliphatic heterocycles. The first-order chi connectivity index (χ1) is 16.7. The molecule has 34 heavy (non-hydrogen) atoms. The number of benzene rings is 2. The van der Waals surface area contributed by atoms with Gasteiger partial charge in [0.05, 0.1) is 6.33 Å². The Labute approximate surface area is 197 Å². The Bertz CT molecular complexity index is 1280. The van der Waals surface area contributed by atoms with Gasteiger partial charge in [-0.25, -0.2) is 14.4 Å². The van der Waals surface area contributed by atoms with Crippen molar-refractivity contribution < 1.29 is 13.9 Å². The molecule has 3 heterocycles. The van der Waals surface area contributed by atoms with Gasteiger partial charge in [-0.15, -0.1) is 0 Å². The minimum Gasteiger partial charge on any atom is -0.439 e. The highest BCUT2D eigenvalue weighted by molar-refractivity contribution is 5.95. The van der Waals surface area contributed by atoms with Crippen LogP contribution in [0.25, 0.3) is 0 Å². The van der Waals surface area contributed by atoms with Crippen LogP contribution in [0.3, 0.4) is 0 Å². The number of amides is 1. The van der Waals surface area contributed by atoms with Gasteiger partial charge in [0.15, 0.2) is 0 Å². The summed E-state index contributed by atoms with van der Waals surface area (Å²) < 4.78 is 21.2. The Hall–Kier alpha value is -4.00. The summed E-state index contributed by atoms with van der Waals surface area (Å²) in [6.45, 7) is 1.91. The van der Waals surface area contributed by atoms with Gasteiger partial charge in [0.1, 0.15) is 11.6 Å². The van der Waals surface area contributed by atoms with Crippen molar-refractivity contribution in [2.24, 2.45) is 0 Å². The largest absolute Gasteiger partial charge is 0.439 e. The van der Waals surface area contributed by atoms with Crippen LogP contribution in [0.2, 0.25) is 0 Å². The van der Waals surface area contributed by atoms with E-state index in [9.17, 15) is 9.18 Å². The summed E-state index contributed by atoms with van der Waals surface area (Å²) in [6, 6.07) is 19.3. The molecule has 1 amide bonds. The first kappa shape index (κ1) is 21.8. The molecule has 0 radical (unpaired) electrons. The van der Waals surface area contributed by atoms with Gasteiger partial charge in [-0.1, -0.05) is 30.3 Å². The second-order valence-electron chi connectivity index (χ2n) is 8.44. The quantitative estimate of drug-likeness (QED) is 0.396. The highest BCUT2D eigenvalue weighted by Crippen LogP contribution is 2.29. The zero-order chi connectivity index (χ0) is 23.3. The maximum absolute atomic E-state index is 13.5. The number of aromatic nitrogens is 3. The van der Waals surface area contributed by atoms with Gasteiger partial charge in [0, 0.05) is 61.3 Å². The molecule has 1 saturated heterocycles. The Kier molecular flexibility index (Phi) is 6.33. The van der Waals surface area contributed by atoms with E-state index in [0.29, 0.717) is 36.8 Å². The van der Waals surface area contributed by atoms with Crippen LogP contribution >= 0.6 is 0 Å². The van der Waals surface area contributed by atoms with E-state index >= 15 is 0 Å². The molecule has 2 aromatic heterocycles. The molecule has 172 valence electrons. The van der Waals surface area contributed by atoms with Crippen LogP contribution in [0.1, 0.15) is 40.4 Å². The number of piperidine rings is 1. The monoisotopic (exact) mass is 456 g/mol. The number of likely N-dealkylation sites (tertiary alicyclic amines) is 1. The van der Waals surface area contributed by atoms with Crippen LogP contribution in [0.5, 0.6) is 11.6 Å². The fraction of sp³-hybridized carbons (Fsp3) is 0.222. The molecule has 0 bridgehead atoms. The zero-order valence-corrected chi connectivity index (χ0v) is 18.7. The summed E-state index contributed by atoms with van der Waals surface area (Å²) in [4.78, 5) is 24.2. The molecule has 1 aliphatic rings. The molecule has 1 atom stereocenters. The predicted molar refractivity (Wildman–Crippen MR) is 126 cm³/mol. The van der Waals surface area contributed by atoms with Crippen molar-refractivity contribution in [2.75, 3.05) is 13.1 Å². The normalized spacial score (nSPS) is 15.8. The highest BCUT2D eigenvalue weighted by Gasteiger charge is 2.27. The Morgan fingerprint density at radius 2 is 1.97 bits per heavy atom. The van der Waals surface area contributed by atoms with Gasteiger partial charge < -0.3 is 14.2 Å². The molecule has 2 aromatic carbocycles. The third-order valence-corrected chi connectivity index (χ3v) is 6.05. The van der Waals surface area contributed by atoms with Gasteiger partial charge in [0.25, 0.3) is 5.91 Å². The van der Waals surface area contributed by atoms with Gasteiger partial charge in [-0.05, 0) is 42.7 Å². The molecule has 7 heteroatoms. The van der Waals surface area contributed by atoms with Crippen LogP contribution in [0.4, 0.5) is 4.39 Å². The molecule has 5 rings (SSSR count). The van der Waals surface area contributed by atoms with E-state index in [0.717, 1.165) is 24.1 Å². The third-order valence-electron chi connectivity index (χ3n) is 6.05. The molecule has 0 N–H and O–H groups in total. The molecule has 0 unspecified atom stereocenters. The average Bonchev–Trinajstić information content (AvgIpc) is 3.37. The number of hydrogen-bond acceptors (Lipinski definition) is 4. The smallest absolute Gasteiger partial charge is 0.254 e. The van der Waals surface area contributed by atoms with Crippen LogP contribution in [0, 0.1) is 5.82 Å². The summed E-state index contributed by atoms with van der Waals surface area (Å²) in [5.41, 5.74) is 2.56. The summed E-state index contributed by atoms with van der Waals surface area (Å²) in [5.74, 6) is 0.599. The fourth-order valence-corrected chi connectivity index (χ4v) is 4.38. The van der Waals surface area contributed by atoms with E-state index in [2.05, 4.69) is 9.97 Å². The van der Waals surface area contributed by atoms with E-state index in [1.165, 1.54) is 12.1 Å². The van der Waals surface area contributed by atoms with Crippen molar-refractivity contribution in [1.82, 2.24) is 19.4 Å². The number of imidazole rings is 1. The van der Waals surface area contributed by atoms with Crippen molar-refractivity contribution in [3.63, 3.8) is 0 Å². The summed E-state index contributed by atoms with van der Waals surface area (Å²) in [5, 5.41) is 0. The van der Waals surface area contributed by atoms with E-state index in [1.54, 1.807) is 30.7 Å². The van der Waals surface area contributed by atoms with Crippen LogP contribution in [-0.2, 0) is 6.54 Å². The number of ether oxygens (including phenoxy) is 1. The molecule has 0 spiro atoms. The van der Waals surface area contributed by atoms with Crippen LogP contribution in [0.15, 0.2) is 85.5 Å². The van der Waals surface area contributed by atoms with E-state index < -0.39 is 0 Å².